The molecule has 1 fully saturated rings. The molecule has 1 N–H and O–H groups in total. The number of carbonyl (C=O) groups excluding carboxylic acids is 1. The minimum atomic E-state index is -0.262. The Labute approximate surface area is 208 Å². The summed E-state index contributed by atoms with van der Waals surface area (Å²) in [4.78, 5) is 39.3. The molecule has 0 radical (unpaired) electrons. The normalized spacial score (nSPS) is 13.9. The molecule has 0 unspecified atom stereocenters. The molecule has 0 bridgehead atoms. The molecule has 1 aliphatic rings. The second-order valence-electron chi connectivity index (χ2n) is 8.99. The van der Waals surface area contributed by atoms with Crippen LogP contribution >= 0.6 is 11.6 Å². The van der Waals surface area contributed by atoms with Crippen LogP contribution in [0.15, 0.2) is 53.6 Å². The first-order valence-electron chi connectivity index (χ1n) is 11.8. The standard InChI is InChI=1S/C27H26ClN5O2/c1-16-22-15-30-27(31-23-12-11-20(14-29-23)19-9-7-18(13-28)8-10-19)32-25(22)33(21-5-3-4-6-21)26(35)24(16)17(2)34/h7-12,14-15,21H,3-6,13H2,1-2H3,(H,29,30,31,32). The number of hydrogen-bond donors (Lipinski definition) is 1. The van der Waals surface area contributed by atoms with Gasteiger partial charge in [0.2, 0.25) is 5.95 Å². The number of fused-ring (bicyclic) bond motifs is 1. The highest BCUT2D eigenvalue weighted by Crippen LogP contribution is 2.32. The third-order valence-electron chi connectivity index (χ3n) is 6.70. The Bertz CT molecular complexity index is 1460. The summed E-state index contributed by atoms with van der Waals surface area (Å²) in [6.45, 7) is 3.23. The van der Waals surface area contributed by atoms with E-state index in [-0.39, 0.29) is 22.9 Å². The molecular formula is C27H26ClN5O2. The molecular weight excluding hydrogens is 462 g/mol. The van der Waals surface area contributed by atoms with Crippen molar-refractivity contribution in [1.82, 2.24) is 19.5 Å². The van der Waals surface area contributed by atoms with Gasteiger partial charge in [-0.3, -0.25) is 14.2 Å². The zero-order valence-electron chi connectivity index (χ0n) is 19.7. The number of rotatable bonds is 6. The summed E-state index contributed by atoms with van der Waals surface area (Å²) in [5.41, 5.74) is 4.25. The van der Waals surface area contributed by atoms with E-state index in [9.17, 15) is 9.59 Å². The van der Waals surface area contributed by atoms with E-state index in [1.165, 1.54) is 6.92 Å². The predicted molar refractivity (Wildman–Crippen MR) is 139 cm³/mol. The molecule has 1 aromatic carbocycles. The van der Waals surface area contributed by atoms with Gasteiger partial charge in [-0.2, -0.15) is 4.98 Å². The maximum absolute atomic E-state index is 13.4. The number of alkyl halides is 1. The summed E-state index contributed by atoms with van der Waals surface area (Å²) in [7, 11) is 0. The van der Waals surface area contributed by atoms with Gasteiger partial charge < -0.3 is 5.32 Å². The molecule has 5 rings (SSSR count). The van der Waals surface area contributed by atoms with Crippen LogP contribution in [0.5, 0.6) is 0 Å². The van der Waals surface area contributed by atoms with Crippen LogP contribution in [0.1, 0.15) is 60.1 Å². The molecule has 3 heterocycles. The van der Waals surface area contributed by atoms with E-state index in [4.69, 9.17) is 16.6 Å². The van der Waals surface area contributed by atoms with Crippen molar-refractivity contribution in [2.45, 2.75) is 51.5 Å². The predicted octanol–water partition coefficient (Wildman–Crippen LogP) is 5.96. The number of nitrogens with one attached hydrogen (secondary N) is 1. The van der Waals surface area contributed by atoms with E-state index in [0.29, 0.717) is 28.9 Å². The van der Waals surface area contributed by atoms with Crippen molar-refractivity contribution in [3.05, 3.63) is 75.8 Å². The van der Waals surface area contributed by atoms with Gasteiger partial charge in [0.05, 0.1) is 5.56 Å². The number of nitrogens with zero attached hydrogens (tertiary/aromatic N) is 4. The van der Waals surface area contributed by atoms with Crippen LogP contribution in [0, 0.1) is 6.92 Å². The molecule has 178 valence electrons. The van der Waals surface area contributed by atoms with Crippen LogP contribution in [0.3, 0.4) is 0 Å². The van der Waals surface area contributed by atoms with Crippen LogP contribution in [-0.2, 0) is 5.88 Å². The number of aryl methyl sites for hydroxylation is 1. The zero-order chi connectivity index (χ0) is 24.5. The molecule has 0 saturated heterocycles. The van der Waals surface area contributed by atoms with Crippen molar-refractivity contribution in [2.24, 2.45) is 0 Å². The lowest BCUT2D eigenvalue weighted by molar-refractivity contribution is 0.101. The van der Waals surface area contributed by atoms with Crippen LogP contribution in [-0.4, -0.2) is 25.3 Å². The lowest BCUT2D eigenvalue weighted by Crippen LogP contribution is -2.30. The van der Waals surface area contributed by atoms with E-state index in [0.717, 1.165) is 47.8 Å². The Balaban J connectivity index is 1.50. The van der Waals surface area contributed by atoms with Crippen molar-refractivity contribution in [3.8, 4) is 11.1 Å². The maximum Gasteiger partial charge on any atom is 0.263 e. The number of carbonyl (C=O) groups is 1. The third-order valence-corrected chi connectivity index (χ3v) is 7.00. The van der Waals surface area contributed by atoms with Crippen LogP contribution in [0.2, 0.25) is 0 Å². The summed E-state index contributed by atoms with van der Waals surface area (Å²) in [6, 6.07) is 11.9. The van der Waals surface area contributed by atoms with Gasteiger partial charge in [0, 0.05) is 35.3 Å². The fraction of sp³-hybridized carbons (Fsp3) is 0.296. The minimum Gasteiger partial charge on any atom is -0.309 e. The van der Waals surface area contributed by atoms with Gasteiger partial charge in [0.1, 0.15) is 11.5 Å². The van der Waals surface area contributed by atoms with Gasteiger partial charge in [-0.1, -0.05) is 37.1 Å². The van der Waals surface area contributed by atoms with E-state index in [1.54, 1.807) is 23.9 Å². The first kappa shape index (κ1) is 23.2. The fourth-order valence-corrected chi connectivity index (χ4v) is 5.03. The zero-order valence-corrected chi connectivity index (χ0v) is 20.5. The number of halogens is 1. The van der Waals surface area contributed by atoms with E-state index in [2.05, 4.69) is 15.3 Å². The molecule has 4 aromatic rings. The van der Waals surface area contributed by atoms with E-state index in [1.807, 2.05) is 36.4 Å². The number of benzene rings is 1. The summed E-state index contributed by atoms with van der Waals surface area (Å²) in [5, 5.41) is 3.87. The number of aromatic nitrogens is 4. The van der Waals surface area contributed by atoms with Gasteiger partial charge in [0.15, 0.2) is 5.78 Å². The molecule has 0 atom stereocenters. The summed E-state index contributed by atoms with van der Waals surface area (Å²) in [5.74, 6) is 1.20. The lowest BCUT2D eigenvalue weighted by Gasteiger charge is -2.19. The van der Waals surface area contributed by atoms with Gasteiger partial charge >= 0.3 is 0 Å². The van der Waals surface area contributed by atoms with Crippen molar-refractivity contribution in [3.63, 3.8) is 0 Å². The number of anilines is 2. The van der Waals surface area contributed by atoms with Crippen molar-refractivity contribution in [1.29, 1.82) is 0 Å². The van der Waals surface area contributed by atoms with Crippen molar-refractivity contribution >= 4 is 40.2 Å². The number of pyridine rings is 2. The van der Waals surface area contributed by atoms with Gasteiger partial charge in [-0.25, -0.2) is 9.97 Å². The monoisotopic (exact) mass is 487 g/mol. The van der Waals surface area contributed by atoms with E-state index >= 15 is 0 Å². The van der Waals surface area contributed by atoms with Gasteiger partial charge in [0.25, 0.3) is 5.56 Å². The number of ketones is 1. The molecule has 3 aromatic heterocycles. The molecule has 1 saturated carbocycles. The average molecular weight is 488 g/mol. The summed E-state index contributed by atoms with van der Waals surface area (Å²) in [6.07, 6.45) is 7.39. The highest BCUT2D eigenvalue weighted by atomic mass is 35.5. The first-order chi connectivity index (χ1) is 17.0. The topological polar surface area (TPSA) is 89.8 Å². The third kappa shape index (κ3) is 4.44. The number of Topliss-reactive ketones (excluding diaryl/α,β-unsaturated/α-hetero) is 1. The van der Waals surface area contributed by atoms with Crippen molar-refractivity contribution in [2.75, 3.05) is 5.32 Å². The smallest absolute Gasteiger partial charge is 0.263 e. The summed E-state index contributed by atoms with van der Waals surface area (Å²) >= 11 is 5.88. The average Bonchev–Trinajstić information content (AvgIpc) is 3.39. The Kier molecular flexibility index (Phi) is 6.34. The lowest BCUT2D eigenvalue weighted by atomic mass is 10.0. The Hall–Kier alpha value is -3.58. The molecule has 8 heteroatoms. The Morgan fingerprint density at radius 1 is 1.06 bits per heavy atom. The fourth-order valence-electron chi connectivity index (χ4n) is 4.85. The quantitative estimate of drug-likeness (QED) is 0.266. The van der Waals surface area contributed by atoms with Crippen LogP contribution in [0.25, 0.3) is 22.2 Å². The second-order valence-corrected chi connectivity index (χ2v) is 9.26. The molecule has 0 spiro atoms. The van der Waals surface area contributed by atoms with Crippen LogP contribution < -0.4 is 10.9 Å². The van der Waals surface area contributed by atoms with Gasteiger partial charge in [-0.05, 0) is 55.5 Å². The van der Waals surface area contributed by atoms with E-state index < -0.39 is 0 Å². The molecule has 35 heavy (non-hydrogen) atoms. The summed E-state index contributed by atoms with van der Waals surface area (Å²) < 4.78 is 1.71. The molecule has 0 aliphatic heterocycles. The first-order valence-corrected chi connectivity index (χ1v) is 12.3. The number of hydrogen-bond acceptors (Lipinski definition) is 6. The largest absolute Gasteiger partial charge is 0.309 e. The Morgan fingerprint density at radius 3 is 2.40 bits per heavy atom. The minimum absolute atomic E-state index is 0.0362. The van der Waals surface area contributed by atoms with Crippen LogP contribution in [0.4, 0.5) is 11.8 Å². The Morgan fingerprint density at radius 2 is 1.77 bits per heavy atom. The van der Waals surface area contributed by atoms with Gasteiger partial charge in [-0.15, -0.1) is 11.6 Å². The molecule has 0 amide bonds. The second kappa shape index (κ2) is 9.58. The maximum atomic E-state index is 13.4. The SMILES string of the molecule is CC(=O)c1c(C)c2cnc(Nc3ccc(-c4ccc(CCl)cc4)cn3)nc2n(C2CCCC2)c1=O. The molecule has 7 nitrogen and oxygen atoms in total. The highest BCUT2D eigenvalue weighted by Gasteiger charge is 2.25. The molecule has 1 aliphatic carbocycles. The highest BCUT2D eigenvalue weighted by molar-refractivity contribution is 6.17. The van der Waals surface area contributed by atoms with Crippen molar-refractivity contribution < 1.29 is 4.79 Å².